The number of rotatable bonds is 5. The minimum absolute atomic E-state index is 0.0641. The summed E-state index contributed by atoms with van der Waals surface area (Å²) in [6, 6.07) is 3.41. The largest absolute Gasteiger partial charge is 0.497 e. The second-order valence-electron chi connectivity index (χ2n) is 3.82. The molecular formula is C12H12BrF3O3. The molecule has 0 N–H and O–H groups in total. The minimum Gasteiger partial charge on any atom is -0.497 e. The van der Waals surface area contributed by atoms with Gasteiger partial charge in [0.1, 0.15) is 16.4 Å². The van der Waals surface area contributed by atoms with Gasteiger partial charge >= 0.3 is 6.18 Å². The van der Waals surface area contributed by atoms with Crippen molar-refractivity contribution >= 4 is 22.2 Å². The average molecular weight is 341 g/mol. The van der Waals surface area contributed by atoms with Gasteiger partial charge in [-0.2, -0.15) is 13.2 Å². The highest BCUT2D eigenvalue weighted by Gasteiger charge is 2.41. The van der Waals surface area contributed by atoms with Gasteiger partial charge in [-0.15, -0.1) is 0 Å². The van der Waals surface area contributed by atoms with Crippen LogP contribution in [0.3, 0.4) is 0 Å². The molecule has 1 aromatic carbocycles. The van der Waals surface area contributed by atoms with Crippen molar-refractivity contribution in [2.75, 3.05) is 20.8 Å². The van der Waals surface area contributed by atoms with Gasteiger partial charge < -0.3 is 14.3 Å². The Morgan fingerprint density at radius 2 is 1.89 bits per heavy atom. The summed E-state index contributed by atoms with van der Waals surface area (Å²) in [4.78, 5) is 11.1. The first-order valence-corrected chi connectivity index (χ1v) is 5.97. The molecule has 19 heavy (non-hydrogen) atoms. The second-order valence-corrected chi connectivity index (χ2v) is 5.24. The molecule has 0 saturated heterocycles. The van der Waals surface area contributed by atoms with Crippen LogP contribution in [0.15, 0.2) is 18.2 Å². The summed E-state index contributed by atoms with van der Waals surface area (Å²) in [7, 11) is 2.57. The second kappa shape index (κ2) is 5.92. The van der Waals surface area contributed by atoms with Crippen LogP contribution in [0.2, 0.25) is 0 Å². The van der Waals surface area contributed by atoms with Gasteiger partial charge in [0.05, 0.1) is 19.3 Å². The minimum atomic E-state index is -4.60. The van der Waals surface area contributed by atoms with Gasteiger partial charge in [-0.25, -0.2) is 0 Å². The van der Waals surface area contributed by atoms with Crippen LogP contribution in [-0.4, -0.2) is 27.1 Å². The maximum absolute atomic E-state index is 13.0. The molecule has 0 bridgehead atoms. The molecule has 1 atom stereocenters. The molecular weight excluding hydrogens is 329 g/mol. The lowest BCUT2D eigenvalue weighted by Gasteiger charge is -2.25. The topological polar surface area (TPSA) is 35.5 Å². The summed E-state index contributed by atoms with van der Waals surface area (Å²) >= 11 is 3.01. The quantitative estimate of drug-likeness (QED) is 0.610. The van der Waals surface area contributed by atoms with Gasteiger partial charge in [0.2, 0.25) is 0 Å². The highest BCUT2D eigenvalue weighted by molar-refractivity contribution is 9.10. The number of aldehydes is 1. The number of benzene rings is 1. The molecule has 106 valence electrons. The Kier molecular flexibility index (Phi) is 4.98. The van der Waals surface area contributed by atoms with Gasteiger partial charge in [0.15, 0.2) is 0 Å². The molecule has 0 aliphatic carbocycles. The third-order valence-electron chi connectivity index (χ3n) is 2.52. The van der Waals surface area contributed by atoms with E-state index in [1.807, 2.05) is 0 Å². The van der Waals surface area contributed by atoms with Crippen LogP contribution in [0.4, 0.5) is 13.2 Å². The lowest BCUT2D eigenvalue weighted by atomic mass is 9.95. The van der Waals surface area contributed by atoms with Crippen LogP contribution >= 0.6 is 15.9 Å². The smallest absolute Gasteiger partial charge is 0.416 e. The van der Waals surface area contributed by atoms with Crippen molar-refractivity contribution in [2.45, 2.75) is 10.5 Å². The Morgan fingerprint density at radius 1 is 1.26 bits per heavy atom. The van der Waals surface area contributed by atoms with Crippen molar-refractivity contribution in [3.8, 4) is 5.75 Å². The fourth-order valence-electron chi connectivity index (χ4n) is 1.63. The Balaban J connectivity index is 3.45. The zero-order valence-electron chi connectivity index (χ0n) is 10.3. The molecule has 0 heterocycles. The molecule has 7 heteroatoms. The van der Waals surface area contributed by atoms with Crippen LogP contribution in [0, 0.1) is 0 Å². The van der Waals surface area contributed by atoms with Crippen LogP contribution in [-0.2, 0) is 20.0 Å². The first kappa shape index (κ1) is 16.0. The standard InChI is InChI=1S/C12H12BrF3O3/c1-18-7-11(13,6-17)9-4-3-8(19-2)5-10(9)12(14,15)16/h3-6H,7H2,1-2H3. The van der Waals surface area contributed by atoms with E-state index in [2.05, 4.69) is 15.9 Å². The maximum Gasteiger partial charge on any atom is 0.416 e. The van der Waals surface area contributed by atoms with Crippen molar-refractivity contribution in [1.82, 2.24) is 0 Å². The monoisotopic (exact) mass is 340 g/mol. The van der Waals surface area contributed by atoms with E-state index < -0.39 is 16.1 Å². The van der Waals surface area contributed by atoms with Crippen molar-refractivity contribution < 1.29 is 27.4 Å². The number of hydrogen-bond donors (Lipinski definition) is 0. The van der Waals surface area contributed by atoms with Gasteiger partial charge in [-0.3, -0.25) is 0 Å². The zero-order chi connectivity index (χ0) is 14.7. The van der Waals surface area contributed by atoms with E-state index in [1.165, 1.54) is 26.4 Å². The fourth-order valence-corrected chi connectivity index (χ4v) is 2.21. The van der Waals surface area contributed by atoms with Crippen molar-refractivity contribution in [2.24, 2.45) is 0 Å². The fraction of sp³-hybridized carbons (Fsp3) is 0.417. The Morgan fingerprint density at radius 3 is 2.32 bits per heavy atom. The third-order valence-corrected chi connectivity index (χ3v) is 3.36. The molecule has 0 radical (unpaired) electrons. The molecule has 3 nitrogen and oxygen atoms in total. The van der Waals surface area contributed by atoms with E-state index in [-0.39, 0.29) is 17.9 Å². The Bertz CT molecular complexity index is 462. The van der Waals surface area contributed by atoms with Crippen LogP contribution in [0.5, 0.6) is 5.75 Å². The number of halogens is 4. The lowest BCUT2D eigenvalue weighted by molar-refractivity contribution is -0.138. The van der Waals surface area contributed by atoms with E-state index in [1.54, 1.807) is 0 Å². The van der Waals surface area contributed by atoms with Crippen molar-refractivity contribution in [3.05, 3.63) is 29.3 Å². The zero-order valence-corrected chi connectivity index (χ0v) is 11.8. The van der Waals surface area contributed by atoms with E-state index in [0.717, 1.165) is 6.07 Å². The summed E-state index contributed by atoms with van der Waals surface area (Å²) in [6.45, 7) is -0.216. The highest BCUT2D eigenvalue weighted by Crippen LogP contribution is 2.41. The number of carbonyl (C=O) groups is 1. The summed E-state index contributed by atoms with van der Waals surface area (Å²) in [5.41, 5.74) is -1.15. The number of ether oxygens (including phenoxy) is 2. The average Bonchev–Trinajstić information content (AvgIpc) is 2.37. The van der Waals surface area contributed by atoms with E-state index in [4.69, 9.17) is 9.47 Å². The Hall–Kier alpha value is -1.08. The van der Waals surface area contributed by atoms with Crippen LogP contribution in [0.25, 0.3) is 0 Å². The number of hydrogen-bond acceptors (Lipinski definition) is 3. The summed E-state index contributed by atoms with van der Waals surface area (Å²) in [6.07, 6.45) is -4.22. The molecule has 1 unspecified atom stereocenters. The molecule has 0 spiro atoms. The number of alkyl halides is 4. The number of methoxy groups -OCH3 is 2. The first-order valence-electron chi connectivity index (χ1n) is 5.18. The van der Waals surface area contributed by atoms with E-state index >= 15 is 0 Å². The van der Waals surface area contributed by atoms with Crippen molar-refractivity contribution in [1.29, 1.82) is 0 Å². The molecule has 1 rings (SSSR count). The van der Waals surface area contributed by atoms with Gasteiger partial charge in [0.25, 0.3) is 0 Å². The molecule has 0 amide bonds. The molecule has 0 aromatic heterocycles. The Labute approximate surface area is 116 Å². The number of carbonyl (C=O) groups excluding carboxylic acids is 1. The van der Waals surface area contributed by atoms with Crippen molar-refractivity contribution in [3.63, 3.8) is 0 Å². The summed E-state index contributed by atoms with van der Waals surface area (Å²) in [5.74, 6) is 0.0641. The molecule has 1 aromatic rings. The molecule has 0 saturated carbocycles. The molecule has 0 aliphatic heterocycles. The van der Waals surface area contributed by atoms with E-state index in [0.29, 0.717) is 6.29 Å². The highest BCUT2D eigenvalue weighted by atomic mass is 79.9. The molecule has 0 aliphatic rings. The van der Waals surface area contributed by atoms with Crippen LogP contribution < -0.4 is 4.74 Å². The summed E-state index contributed by atoms with van der Waals surface area (Å²) in [5, 5.41) is 0. The predicted octanol–water partition coefficient (Wildman–Crippen LogP) is 3.15. The van der Waals surface area contributed by atoms with Gasteiger partial charge in [-0.1, -0.05) is 22.0 Å². The van der Waals surface area contributed by atoms with Crippen LogP contribution in [0.1, 0.15) is 11.1 Å². The predicted molar refractivity (Wildman–Crippen MR) is 66.5 cm³/mol. The normalized spacial score (nSPS) is 14.8. The lowest BCUT2D eigenvalue weighted by Crippen LogP contribution is -2.29. The van der Waals surface area contributed by atoms with E-state index in [9.17, 15) is 18.0 Å². The van der Waals surface area contributed by atoms with Gasteiger partial charge in [-0.05, 0) is 17.7 Å². The summed E-state index contributed by atoms with van der Waals surface area (Å²) < 4.78 is 47.1. The van der Waals surface area contributed by atoms with Gasteiger partial charge in [0, 0.05) is 7.11 Å². The molecule has 0 fully saturated rings. The SMILES string of the molecule is COCC(Br)(C=O)c1ccc(OC)cc1C(F)(F)F. The third kappa shape index (κ3) is 3.48. The first-order chi connectivity index (χ1) is 8.78. The maximum atomic E-state index is 13.0.